The Balaban J connectivity index is 1.07. The molecule has 0 saturated carbocycles. The number of ether oxygens (including phenoxy) is 12. The van der Waals surface area contributed by atoms with Crippen LogP contribution in [0.25, 0.3) is 33.8 Å². The van der Waals surface area contributed by atoms with Gasteiger partial charge in [-0.3, -0.25) is 29.3 Å². The number of benzene rings is 4. The highest BCUT2D eigenvalue weighted by Gasteiger charge is 2.30. The Morgan fingerprint density at radius 3 is 0.934 bits per heavy atom. The zero-order valence-electron chi connectivity index (χ0n) is 50.5. The van der Waals surface area contributed by atoms with Crippen molar-refractivity contribution in [3.05, 3.63) is 154 Å². The first-order chi connectivity index (χ1) is 43.9. The fourth-order valence-corrected chi connectivity index (χ4v) is 9.07. The molecule has 91 heavy (non-hydrogen) atoms. The van der Waals surface area contributed by atoms with Gasteiger partial charge in [-0.1, -0.05) is 12.1 Å². The summed E-state index contributed by atoms with van der Waals surface area (Å²) in [5.41, 5.74) is 8.42. The molecule has 0 spiro atoms. The number of carbonyl (C=O) groups excluding carboxylic acids is 9. The standard InChI is InChI=1S/C63H61N7O21/c1-80-45-24-36(10-13-39(45)55-51(61(77)86-7)42(16-19-65-55)58(74)83-4)89-30-48(71)68-27-33-22-34(28-69-49(72)31-90-37-11-14-40(46(25-37)81-2)56-52(62(78)87-8)43(17-20-66-56)59(75)84-5)54(64)35(23-33)29-70-50(73)32-91-38-12-15-41(47(26-38)82-3)57-53(63(79)88-9)44(18-21-67-57)60(76)85-6/h10-26H,27-32,64H2,1-9H3,(H,68,71)(H,69,72)(H,70,73). The number of pyridine rings is 3. The Morgan fingerprint density at radius 2 is 0.659 bits per heavy atom. The molecule has 0 atom stereocenters. The smallest absolute Gasteiger partial charge is 0.340 e. The van der Waals surface area contributed by atoms with Crippen molar-refractivity contribution < 1.29 is 100.0 Å². The highest BCUT2D eigenvalue weighted by atomic mass is 16.5. The number of nitrogen functional groups attached to an aromatic ring is 1. The molecule has 0 radical (unpaired) electrons. The second-order valence-electron chi connectivity index (χ2n) is 18.8. The maximum Gasteiger partial charge on any atom is 0.340 e. The first kappa shape index (κ1) is 66.7. The van der Waals surface area contributed by atoms with Crippen LogP contribution in [0.5, 0.6) is 34.5 Å². The summed E-state index contributed by atoms with van der Waals surface area (Å²) in [5, 5.41) is 8.32. The maximum atomic E-state index is 13.4. The predicted octanol–water partition coefficient (Wildman–Crippen LogP) is 5.29. The second-order valence-corrected chi connectivity index (χ2v) is 18.8. The molecule has 28 nitrogen and oxygen atoms in total. The zero-order valence-corrected chi connectivity index (χ0v) is 50.5. The van der Waals surface area contributed by atoms with Gasteiger partial charge >= 0.3 is 35.8 Å². The lowest BCUT2D eigenvalue weighted by Crippen LogP contribution is -2.31. The van der Waals surface area contributed by atoms with Crippen molar-refractivity contribution >= 4 is 59.2 Å². The van der Waals surface area contributed by atoms with Gasteiger partial charge in [-0.15, -0.1) is 0 Å². The lowest BCUT2D eigenvalue weighted by Gasteiger charge is -2.17. The van der Waals surface area contributed by atoms with E-state index in [0.717, 1.165) is 42.7 Å². The van der Waals surface area contributed by atoms with Gasteiger partial charge < -0.3 is 78.5 Å². The predicted molar refractivity (Wildman–Crippen MR) is 320 cm³/mol. The third-order valence-corrected chi connectivity index (χ3v) is 13.5. The summed E-state index contributed by atoms with van der Waals surface area (Å²) in [6.07, 6.45) is 3.96. The highest BCUT2D eigenvalue weighted by molar-refractivity contribution is 6.09. The van der Waals surface area contributed by atoms with Crippen molar-refractivity contribution in [2.75, 3.05) is 89.5 Å². The average molecular weight is 1250 g/mol. The molecule has 4 aromatic carbocycles. The number of amides is 3. The lowest BCUT2D eigenvalue weighted by atomic mass is 10.00. The SMILES string of the molecule is COC(=O)c1ccnc(-c2ccc(OCC(=O)NCc3cc(CNC(=O)COc4ccc(-c5nccc(C(=O)OC)c5C(=O)OC)c(OC)c4)c(N)c(CNC(=O)COc4ccc(-c5nccc(C(=O)OC)c5C(=O)OC)c(OC)c4)c3)cc2OC)c1C(=O)OC. The van der Waals surface area contributed by atoms with Gasteiger partial charge in [0, 0.05) is 78.8 Å². The molecule has 3 heterocycles. The Kier molecular flexibility index (Phi) is 22.8. The van der Waals surface area contributed by atoms with Crippen molar-refractivity contribution in [2.45, 2.75) is 19.6 Å². The molecule has 0 aliphatic heterocycles. The van der Waals surface area contributed by atoms with Gasteiger partial charge in [0.1, 0.15) is 51.2 Å². The molecular weight excluding hydrogens is 1190 g/mol. The van der Waals surface area contributed by atoms with E-state index in [1.54, 1.807) is 12.1 Å². The zero-order chi connectivity index (χ0) is 65.9. The van der Waals surface area contributed by atoms with E-state index in [-0.39, 0.29) is 121 Å². The molecule has 0 saturated heterocycles. The minimum Gasteiger partial charge on any atom is -0.496 e. The van der Waals surface area contributed by atoms with Crippen molar-refractivity contribution in [3.63, 3.8) is 0 Å². The number of aromatic nitrogens is 3. The van der Waals surface area contributed by atoms with Crippen LogP contribution in [0.4, 0.5) is 5.69 Å². The van der Waals surface area contributed by atoms with Crippen LogP contribution in [0.3, 0.4) is 0 Å². The number of hydrogen-bond acceptors (Lipinski definition) is 25. The van der Waals surface area contributed by atoms with Crippen molar-refractivity contribution in [1.29, 1.82) is 0 Å². The number of nitrogens with two attached hydrogens (primary N) is 1. The molecule has 7 rings (SSSR count). The minimum absolute atomic E-state index is 0.0561. The summed E-state index contributed by atoms with van der Waals surface area (Å²) in [5.74, 6) is -5.64. The Morgan fingerprint density at radius 1 is 0.374 bits per heavy atom. The summed E-state index contributed by atoms with van der Waals surface area (Å²) >= 11 is 0. The van der Waals surface area contributed by atoms with E-state index in [4.69, 9.17) is 62.6 Å². The summed E-state index contributed by atoms with van der Waals surface area (Å²) in [6, 6.07) is 20.7. The second kappa shape index (κ2) is 31.2. The molecule has 0 aliphatic rings. The van der Waals surface area contributed by atoms with E-state index in [0.29, 0.717) is 22.3 Å². The van der Waals surface area contributed by atoms with Crippen molar-refractivity contribution in [3.8, 4) is 68.3 Å². The normalized spacial score (nSPS) is 10.5. The number of esters is 6. The number of carbonyl (C=O) groups is 9. The van der Waals surface area contributed by atoms with E-state index in [1.807, 2.05) is 0 Å². The summed E-state index contributed by atoms with van der Waals surface area (Å²) in [6.45, 7) is -1.91. The van der Waals surface area contributed by atoms with Gasteiger partial charge in [0.15, 0.2) is 19.8 Å². The monoisotopic (exact) mass is 1250 g/mol. The lowest BCUT2D eigenvalue weighted by molar-refractivity contribution is -0.124. The van der Waals surface area contributed by atoms with E-state index in [2.05, 4.69) is 30.9 Å². The largest absolute Gasteiger partial charge is 0.496 e. The number of nitrogens with zero attached hydrogens (tertiary/aromatic N) is 3. The van der Waals surface area contributed by atoms with Crippen LogP contribution in [-0.2, 0) is 62.4 Å². The molecule has 7 aromatic rings. The van der Waals surface area contributed by atoms with Crippen LogP contribution in [0, 0.1) is 0 Å². The molecule has 474 valence electrons. The van der Waals surface area contributed by atoms with Gasteiger partial charge in [-0.25, -0.2) is 28.8 Å². The first-order valence-corrected chi connectivity index (χ1v) is 27.0. The van der Waals surface area contributed by atoms with E-state index in [1.165, 1.54) is 113 Å². The Bertz CT molecular complexity index is 3780. The molecule has 5 N–H and O–H groups in total. The molecule has 0 unspecified atom stereocenters. The van der Waals surface area contributed by atoms with Crippen LogP contribution >= 0.6 is 0 Å². The fourth-order valence-electron chi connectivity index (χ4n) is 9.07. The quantitative estimate of drug-likeness (QED) is 0.0289. The van der Waals surface area contributed by atoms with Gasteiger partial charge in [-0.05, 0) is 71.3 Å². The van der Waals surface area contributed by atoms with Crippen LogP contribution in [0.15, 0.2) is 104 Å². The minimum atomic E-state index is -0.851. The Labute approximate surface area is 519 Å². The number of nitrogens with one attached hydrogen (secondary N) is 3. The van der Waals surface area contributed by atoms with E-state index >= 15 is 0 Å². The molecule has 0 aliphatic carbocycles. The number of hydrogen-bond donors (Lipinski definition) is 4. The van der Waals surface area contributed by atoms with Gasteiger partial charge in [0.25, 0.3) is 17.7 Å². The average Bonchev–Trinajstić information content (AvgIpc) is 0.990. The maximum absolute atomic E-state index is 13.4. The molecule has 28 heteroatoms. The number of rotatable bonds is 27. The Hall–Kier alpha value is -11.8. The molecule has 3 amide bonds. The highest BCUT2D eigenvalue weighted by Crippen LogP contribution is 2.39. The third kappa shape index (κ3) is 15.8. The van der Waals surface area contributed by atoms with Crippen LogP contribution in [0.2, 0.25) is 0 Å². The molecule has 0 fully saturated rings. The van der Waals surface area contributed by atoms with Gasteiger partial charge in [0.05, 0.1) is 97.8 Å². The van der Waals surface area contributed by atoms with E-state index in [9.17, 15) is 43.2 Å². The molecular formula is C63H61N7O21. The number of methoxy groups -OCH3 is 9. The summed E-state index contributed by atoms with van der Waals surface area (Å²) < 4.78 is 63.6. The van der Waals surface area contributed by atoms with Crippen molar-refractivity contribution in [2.24, 2.45) is 0 Å². The van der Waals surface area contributed by atoms with Gasteiger partial charge in [0.2, 0.25) is 0 Å². The summed E-state index contributed by atoms with van der Waals surface area (Å²) in [7, 11) is 11.0. The summed E-state index contributed by atoms with van der Waals surface area (Å²) in [4.78, 5) is 130. The first-order valence-electron chi connectivity index (χ1n) is 27.0. The van der Waals surface area contributed by atoms with Crippen molar-refractivity contribution in [1.82, 2.24) is 30.9 Å². The van der Waals surface area contributed by atoms with E-state index < -0.39 is 73.4 Å². The van der Waals surface area contributed by atoms with Gasteiger partial charge in [-0.2, -0.15) is 0 Å². The topological polar surface area (TPSA) is 365 Å². The van der Waals surface area contributed by atoms with Crippen LogP contribution < -0.4 is 50.1 Å². The third-order valence-electron chi connectivity index (χ3n) is 13.5. The number of anilines is 1. The van der Waals surface area contributed by atoms with Crippen LogP contribution in [-0.4, -0.2) is 152 Å². The molecule has 0 bridgehead atoms. The fraction of sp³-hybridized carbons (Fsp3) is 0.238. The van der Waals surface area contributed by atoms with Crippen LogP contribution in [0.1, 0.15) is 78.8 Å². The molecule has 3 aromatic heterocycles.